The molecule has 0 radical (unpaired) electrons. The molecule has 1 heterocycles. The van der Waals surface area contributed by atoms with Gasteiger partial charge in [0.25, 0.3) is 0 Å². The number of hydrogen-bond acceptors (Lipinski definition) is 3. The maximum Gasteiger partial charge on any atom is 0.336 e. The molecule has 114 valence electrons. The molecule has 1 aliphatic carbocycles. The van der Waals surface area contributed by atoms with Crippen LogP contribution >= 0.6 is 0 Å². The first-order valence-electron chi connectivity index (χ1n) is 7.73. The largest absolute Gasteiger partial charge is 0.490 e. The minimum Gasteiger partial charge on any atom is -0.490 e. The molecule has 1 aromatic carbocycles. The first kappa shape index (κ1) is 14.4. The van der Waals surface area contributed by atoms with E-state index in [0.717, 1.165) is 32.3 Å². The van der Waals surface area contributed by atoms with E-state index in [1.165, 1.54) is 12.8 Å². The number of carbonyl (C=O) groups is 1. The van der Waals surface area contributed by atoms with Crippen LogP contribution in [-0.4, -0.2) is 29.4 Å². The maximum absolute atomic E-state index is 11.2. The Bertz CT molecular complexity index is 532. The van der Waals surface area contributed by atoms with Crippen molar-refractivity contribution >= 4 is 5.97 Å². The molecule has 1 aromatic rings. The molecule has 3 rings (SSSR count). The highest BCUT2D eigenvalue weighted by Crippen LogP contribution is 2.41. The summed E-state index contributed by atoms with van der Waals surface area (Å²) in [4.78, 5) is 11.2. The Kier molecular flexibility index (Phi) is 3.89. The van der Waals surface area contributed by atoms with Crippen LogP contribution in [0.4, 0.5) is 0 Å². The van der Waals surface area contributed by atoms with Gasteiger partial charge in [0.15, 0.2) is 0 Å². The van der Waals surface area contributed by atoms with Gasteiger partial charge < -0.3 is 14.6 Å². The Morgan fingerprint density at radius 3 is 2.86 bits per heavy atom. The Hall–Kier alpha value is -1.55. The van der Waals surface area contributed by atoms with Crippen molar-refractivity contribution in [3.63, 3.8) is 0 Å². The predicted octanol–water partition coefficient (Wildman–Crippen LogP) is 3.56. The second kappa shape index (κ2) is 5.68. The van der Waals surface area contributed by atoms with E-state index in [1.807, 2.05) is 13.0 Å². The zero-order valence-corrected chi connectivity index (χ0v) is 12.4. The summed E-state index contributed by atoms with van der Waals surface area (Å²) in [6, 6.07) is 5.22. The molecule has 1 saturated carbocycles. The van der Waals surface area contributed by atoms with Crippen LogP contribution in [0, 0.1) is 6.92 Å². The van der Waals surface area contributed by atoms with Gasteiger partial charge >= 0.3 is 5.97 Å². The highest BCUT2D eigenvalue weighted by Gasteiger charge is 2.40. The second-order valence-corrected chi connectivity index (χ2v) is 6.21. The summed E-state index contributed by atoms with van der Waals surface area (Å²) in [7, 11) is 0. The molecule has 0 bridgehead atoms. The van der Waals surface area contributed by atoms with Crippen molar-refractivity contribution in [2.24, 2.45) is 0 Å². The van der Waals surface area contributed by atoms with E-state index in [-0.39, 0.29) is 11.7 Å². The molecule has 1 atom stereocenters. The fourth-order valence-corrected chi connectivity index (χ4v) is 3.60. The minimum atomic E-state index is -0.905. The van der Waals surface area contributed by atoms with Gasteiger partial charge in [-0.05, 0) is 31.9 Å². The highest BCUT2D eigenvalue weighted by molar-refractivity contribution is 5.90. The average Bonchev–Trinajstić information content (AvgIpc) is 2.89. The fourth-order valence-electron chi connectivity index (χ4n) is 3.60. The topological polar surface area (TPSA) is 55.8 Å². The van der Waals surface area contributed by atoms with Gasteiger partial charge in [0, 0.05) is 18.4 Å². The Morgan fingerprint density at radius 2 is 2.14 bits per heavy atom. The lowest BCUT2D eigenvalue weighted by atomic mass is 9.90. The van der Waals surface area contributed by atoms with E-state index in [2.05, 4.69) is 0 Å². The quantitative estimate of drug-likeness (QED) is 0.924. The van der Waals surface area contributed by atoms with E-state index in [9.17, 15) is 9.90 Å². The van der Waals surface area contributed by atoms with Gasteiger partial charge in [-0.15, -0.1) is 0 Å². The van der Waals surface area contributed by atoms with E-state index in [1.54, 1.807) is 12.1 Å². The molecule has 0 amide bonds. The number of carboxylic acid groups (broad SMARTS) is 1. The molecule has 1 saturated heterocycles. The summed E-state index contributed by atoms with van der Waals surface area (Å²) in [5.41, 5.74) is 1.04. The first-order valence-corrected chi connectivity index (χ1v) is 7.73. The van der Waals surface area contributed by atoms with Crippen LogP contribution < -0.4 is 4.74 Å². The summed E-state index contributed by atoms with van der Waals surface area (Å²) < 4.78 is 12.1. The van der Waals surface area contributed by atoms with Crippen LogP contribution in [0.3, 0.4) is 0 Å². The molecular weight excluding hydrogens is 268 g/mol. The van der Waals surface area contributed by atoms with Crippen molar-refractivity contribution in [3.8, 4) is 5.75 Å². The molecule has 0 aromatic heterocycles. The van der Waals surface area contributed by atoms with E-state index in [0.29, 0.717) is 16.9 Å². The summed E-state index contributed by atoms with van der Waals surface area (Å²) in [6.07, 6.45) is 6.64. The van der Waals surface area contributed by atoms with E-state index < -0.39 is 5.97 Å². The second-order valence-electron chi connectivity index (χ2n) is 6.21. The van der Waals surface area contributed by atoms with Crippen molar-refractivity contribution in [2.75, 3.05) is 6.61 Å². The van der Waals surface area contributed by atoms with E-state index in [4.69, 9.17) is 9.47 Å². The minimum absolute atomic E-state index is 0.0151. The zero-order chi connectivity index (χ0) is 14.9. The molecular formula is C17H22O4. The number of ether oxygens (including phenoxy) is 2. The van der Waals surface area contributed by atoms with Crippen LogP contribution in [0.25, 0.3) is 0 Å². The van der Waals surface area contributed by atoms with Gasteiger partial charge in [0.2, 0.25) is 0 Å². The van der Waals surface area contributed by atoms with Gasteiger partial charge in [0.05, 0.1) is 17.8 Å². The molecule has 21 heavy (non-hydrogen) atoms. The van der Waals surface area contributed by atoms with Crippen molar-refractivity contribution in [1.29, 1.82) is 0 Å². The third-order valence-corrected chi connectivity index (χ3v) is 4.77. The number of rotatable bonds is 3. The third-order valence-electron chi connectivity index (χ3n) is 4.77. The number of benzene rings is 1. The van der Waals surface area contributed by atoms with Gasteiger partial charge in [-0.25, -0.2) is 4.79 Å². The van der Waals surface area contributed by atoms with E-state index >= 15 is 0 Å². The summed E-state index contributed by atoms with van der Waals surface area (Å²) in [5.74, 6) is -0.216. The Labute approximate surface area is 125 Å². The fraction of sp³-hybridized carbons (Fsp3) is 0.588. The van der Waals surface area contributed by atoms with Crippen LogP contribution in [-0.2, 0) is 4.74 Å². The number of hydrogen-bond donors (Lipinski definition) is 1. The van der Waals surface area contributed by atoms with Gasteiger partial charge in [-0.3, -0.25) is 0 Å². The molecule has 1 spiro atoms. The predicted molar refractivity (Wildman–Crippen MR) is 78.9 cm³/mol. The van der Waals surface area contributed by atoms with Crippen molar-refractivity contribution < 1.29 is 19.4 Å². The van der Waals surface area contributed by atoms with Crippen molar-refractivity contribution in [3.05, 3.63) is 29.3 Å². The molecule has 4 heteroatoms. The molecule has 1 N–H and O–H groups in total. The van der Waals surface area contributed by atoms with Crippen LogP contribution in [0.5, 0.6) is 5.75 Å². The van der Waals surface area contributed by atoms with Gasteiger partial charge in [-0.2, -0.15) is 0 Å². The molecule has 1 aliphatic heterocycles. The standard InChI is InChI=1S/C17H22O4/c1-12-14(16(18)19)5-4-6-15(12)21-13-7-10-20-17(11-13)8-2-3-9-17/h4-6,13H,2-3,7-11H2,1H3,(H,18,19). The van der Waals surface area contributed by atoms with Crippen molar-refractivity contribution in [1.82, 2.24) is 0 Å². The van der Waals surface area contributed by atoms with Crippen LogP contribution in [0.1, 0.15) is 54.4 Å². The summed E-state index contributed by atoms with van der Waals surface area (Å²) in [5, 5.41) is 9.19. The SMILES string of the molecule is Cc1c(OC2CCOC3(CCCC3)C2)cccc1C(=O)O. The average molecular weight is 290 g/mol. The van der Waals surface area contributed by atoms with Crippen molar-refractivity contribution in [2.45, 2.75) is 57.2 Å². The molecule has 1 unspecified atom stereocenters. The Morgan fingerprint density at radius 1 is 1.38 bits per heavy atom. The molecule has 4 nitrogen and oxygen atoms in total. The molecule has 2 fully saturated rings. The normalized spacial score (nSPS) is 24.1. The smallest absolute Gasteiger partial charge is 0.336 e. The monoisotopic (exact) mass is 290 g/mol. The lowest BCUT2D eigenvalue weighted by molar-refractivity contribution is -0.108. The van der Waals surface area contributed by atoms with Crippen LogP contribution in [0.15, 0.2) is 18.2 Å². The number of aromatic carboxylic acids is 1. The lowest BCUT2D eigenvalue weighted by Crippen LogP contribution is -2.41. The zero-order valence-electron chi connectivity index (χ0n) is 12.4. The lowest BCUT2D eigenvalue weighted by Gasteiger charge is -2.38. The third kappa shape index (κ3) is 2.91. The van der Waals surface area contributed by atoms with Gasteiger partial charge in [-0.1, -0.05) is 18.9 Å². The summed E-state index contributed by atoms with van der Waals surface area (Å²) in [6.45, 7) is 2.55. The number of carboxylic acids is 1. The van der Waals surface area contributed by atoms with Crippen LogP contribution in [0.2, 0.25) is 0 Å². The molecule has 2 aliphatic rings. The van der Waals surface area contributed by atoms with Gasteiger partial charge in [0.1, 0.15) is 11.9 Å². The highest BCUT2D eigenvalue weighted by atomic mass is 16.5. The first-order chi connectivity index (χ1) is 10.1. The maximum atomic E-state index is 11.2. The summed E-state index contributed by atoms with van der Waals surface area (Å²) >= 11 is 0. The Balaban J connectivity index is 1.74.